The molecule has 0 radical (unpaired) electrons. The molecular formula is C14H9F2NO4. The zero-order valence-corrected chi connectivity index (χ0v) is 10.4. The third-order valence-electron chi connectivity index (χ3n) is 2.66. The van der Waals surface area contributed by atoms with E-state index < -0.39 is 29.3 Å². The van der Waals surface area contributed by atoms with Gasteiger partial charge in [-0.1, -0.05) is 0 Å². The maximum Gasteiger partial charge on any atom is 0.337 e. The standard InChI is InChI=1S/C14H9F2NO4/c15-7-1-3-9(14(20)21)11(5-7)17-13(19)10-4-2-8(16)6-12(10)18/h1-6,18H,(H,17,19)(H,20,21). The fourth-order valence-electron chi connectivity index (χ4n) is 1.69. The lowest BCUT2D eigenvalue weighted by Crippen LogP contribution is -2.15. The van der Waals surface area contributed by atoms with E-state index in [9.17, 15) is 23.5 Å². The molecule has 2 aromatic rings. The number of aromatic hydroxyl groups is 1. The van der Waals surface area contributed by atoms with E-state index in [0.717, 1.165) is 36.4 Å². The van der Waals surface area contributed by atoms with Crippen LogP contribution in [0.5, 0.6) is 5.75 Å². The number of amides is 1. The van der Waals surface area contributed by atoms with E-state index in [1.165, 1.54) is 0 Å². The lowest BCUT2D eigenvalue weighted by Gasteiger charge is -2.09. The topological polar surface area (TPSA) is 86.6 Å². The SMILES string of the molecule is O=C(Nc1cc(F)ccc1C(=O)O)c1ccc(F)cc1O. The molecule has 0 bridgehead atoms. The van der Waals surface area contributed by atoms with Crippen molar-refractivity contribution in [1.29, 1.82) is 0 Å². The first kappa shape index (κ1) is 14.4. The van der Waals surface area contributed by atoms with Gasteiger partial charge in [0.2, 0.25) is 0 Å². The molecule has 2 aromatic carbocycles. The molecule has 21 heavy (non-hydrogen) atoms. The normalized spacial score (nSPS) is 10.2. The summed E-state index contributed by atoms with van der Waals surface area (Å²) in [6.07, 6.45) is 0. The van der Waals surface area contributed by atoms with Gasteiger partial charge < -0.3 is 15.5 Å². The molecule has 5 nitrogen and oxygen atoms in total. The van der Waals surface area contributed by atoms with Gasteiger partial charge in [0.25, 0.3) is 5.91 Å². The Labute approximate surface area is 117 Å². The Morgan fingerprint density at radius 3 is 2.10 bits per heavy atom. The number of nitrogens with one attached hydrogen (secondary N) is 1. The van der Waals surface area contributed by atoms with E-state index in [-0.39, 0.29) is 16.8 Å². The maximum absolute atomic E-state index is 13.2. The van der Waals surface area contributed by atoms with Crippen molar-refractivity contribution in [3.8, 4) is 5.75 Å². The Morgan fingerprint density at radius 1 is 0.952 bits per heavy atom. The van der Waals surface area contributed by atoms with Crippen molar-refractivity contribution in [3.05, 3.63) is 59.2 Å². The molecule has 0 atom stereocenters. The van der Waals surface area contributed by atoms with Crippen molar-refractivity contribution in [2.75, 3.05) is 5.32 Å². The molecule has 0 saturated carbocycles. The van der Waals surface area contributed by atoms with Gasteiger partial charge in [-0.25, -0.2) is 13.6 Å². The van der Waals surface area contributed by atoms with Crippen LogP contribution in [-0.2, 0) is 0 Å². The summed E-state index contributed by atoms with van der Waals surface area (Å²) in [5.41, 5.74) is -0.848. The van der Waals surface area contributed by atoms with Crippen LogP contribution in [-0.4, -0.2) is 22.1 Å². The van der Waals surface area contributed by atoms with Crippen LogP contribution in [0, 0.1) is 11.6 Å². The smallest absolute Gasteiger partial charge is 0.337 e. The lowest BCUT2D eigenvalue weighted by molar-refractivity contribution is 0.0698. The third kappa shape index (κ3) is 3.14. The van der Waals surface area contributed by atoms with Crippen LogP contribution in [0.1, 0.15) is 20.7 Å². The van der Waals surface area contributed by atoms with E-state index in [2.05, 4.69) is 5.32 Å². The number of rotatable bonds is 3. The maximum atomic E-state index is 13.2. The van der Waals surface area contributed by atoms with Crippen LogP contribution in [0.15, 0.2) is 36.4 Å². The highest BCUT2D eigenvalue weighted by Crippen LogP contribution is 2.22. The minimum Gasteiger partial charge on any atom is -0.507 e. The Balaban J connectivity index is 2.35. The van der Waals surface area contributed by atoms with Crippen LogP contribution in [0.3, 0.4) is 0 Å². The summed E-state index contributed by atoms with van der Waals surface area (Å²) < 4.78 is 26.0. The number of carbonyl (C=O) groups excluding carboxylic acids is 1. The lowest BCUT2D eigenvalue weighted by atomic mass is 10.1. The van der Waals surface area contributed by atoms with Gasteiger partial charge in [0.05, 0.1) is 16.8 Å². The Hall–Kier alpha value is -2.96. The van der Waals surface area contributed by atoms with Gasteiger partial charge in [0, 0.05) is 6.07 Å². The van der Waals surface area contributed by atoms with Crippen LogP contribution in [0.25, 0.3) is 0 Å². The summed E-state index contributed by atoms with van der Waals surface area (Å²) in [4.78, 5) is 22.9. The Kier molecular flexibility index (Phi) is 3.84. The predicted molar refractivity (Wildman–Crippen MR) is 69.4 cm³/mol. The second-order valence-electron chi connectivity index (χ2n) is 4.11. The molecule has 0 saturated heterocycles. The molecule has 108 valence electrons. The highest BCUT2D eigenvalue weighted by Gasteiger charge is 2.17. The van der Waals surface area contributed by atoms with Gasteiger partial charge in [-0.05, 0) is 30.3 Å². The van der Waals surface area contributed by atoms with Gasteiger partial charge >= 0.3 is 5.97 Å². The summed E-state index contributed by atoms with van der Waals surface area (Å²) in [7, 11) is 0. The van der Waals surface area contributed by atoms with E-state index in [0.29, 0.717) is 0 Å². The molecule has 7 heteroatoms. The van der Waals surface area contributed by atoms with Crippen molar-refractivity contribution in [3.63, 3.8) is 0 Å². The molecule has 1 amide bonds. The van der Waals surface area contributed by atoms with Gasteiger partial charge in [-0.3, -0.25) is 4.79 Å². The highest BCUT2D eigenvalue weighted by atomic mass is 19.1. The summed E-state index contributed by atoms with van der Waals surface area (Å²) in [6, 6.07) is 5.49. The molecule has 0 aliphatic rings. The number of halogens is 2. The number of benzene rings is 2. The second kappa shape index (κ2) is 5.58. The van der Waals surface area contributed by atoms with Crippen molar-refractivity contribution >= 4 is 17.6 Å². The Bertz CT molecular complexity index is 731. The van der Waals surface area contributed by atoms with E-state index in [4.69, 9.17) is 5.11 Å². The number of carbonyl (C=O) groups is 2. The fourth-order valence-corrected chi connectivity index (χ4v) is 1.69. The third-order valence-corrected chi connectivity index (χ3v) is 2.66. The molecular weight excluding hydrogens is 284 g/mol. The molecule has 0 unspecified atom stereocenters. The zero-order chi connectivity index (χ0) is 15.6. The molecule has 0 aliphatic heterocycles. The van der Waals surface area contributed by atoms with Crippen molar-refractivity contribution < 1.29 is 28.6 Å². The van der Waals surface area contributed by atoms with Crippen molar-refractivity contribution in [1.82, 2.24) is 0 Å². The monoisotopic (exact) mass is 293 g/mol. The van der Waals surface area contributed by atoms with Crippen molar-refractivity contribution in [2.45, 2.75) is 0 Å². The number of carboxylic acids is 1. The average Bonchev–Trinajstić information content (AvgIpc) is 2.37. The predicted octanol–water partition coefficient (Wildman–Crippen LogP) is 2.62. The molecule has 0 aliphatic carbocycles. The Morgan fingerprint density at radius 2 is 1.52 bits per heavy atom. The van der Waals surface area contributed by atoms with E-state index >= 15 is 0 Å². The van der Waals surface area contributed by atoms with Crippen LogP contribution in [0.2, 0.25) is 0 Å². The first-order valence-electron chi connectivity index (χ1n) is 5.71. The molecule has 0 fully saturated rings. The largest absolute Gasteiger partial charge is 0.507 e. The van der Waals surface area contributed by atoms with Crippen LogP contribution in [0.4, 0.5) is 14.5 Å². The van der Waals surface area contributed by atoms with Gasteiger partial charge in [-0.2, -0.15) is 0 Å². The van der Waals surface area contributed by atoms with E-state index in [1.54, 1.807) is 0 Å². The number of phenols is 1. The first-order chi connectivity index (χ1) is 9.88. The summed E-state index contributed by atoms with van der Waals surface area (Å²) in [5.74, 6) is -4.32. The quantitative estimate of drug-likeness (QED) is 0.812. The van der Waals surface area contributed by atoms with Crippen LogP contribution < -0.4 is 5.32 Å². The number of hydrogen-bond donors (Lipinski definition) is 3. The molecule has 0 spiro atoms. The average molecular weight is 293 g/mol. The minimum absolute atomic E-state index is 0.267. The first-order valence-corrected chi connectivity index (χ1v) is 5.71. The fraction of sp³-hybridized carbons (Fsp3) is 0. The molecule has 2 rings (SSSR count). The van der Waals surface area contributed by atoms with Gasteiger partial charge in [0.15, 0.2) is 0 Å². The minimum atomic E-state index is -1.35. The van der Waals surface area contributed by atoms with Crippen molar-refractivity contribution in [2.24, 2.45) is 0 Å². The summed E-state index contributed by atoms with van der Waals surface area (Å²) in [5, 5.41) is 20.6. The number of hydrogen-bond acceptors (Lipinski definition) is 3. The number of anilines is 1. The zero-order valence-electron chi connectivity index (χ0n) is 10.4. The summed E-state index contributed by atoms with van der Waals surface area (Å²) >= 11 is 0. The van der Waals surface area contributed by atoms with Gasteiger partial charge in [-0.15, -0.1) is 0 Å². The molecule has 0 aromatic heterocycles. The van der Waals surface area contributed by atoms with E-state index in [1.807, 2.05) is 0 Å². The number of phenolic OH excluding ortho intramolecular Hbond substituents is 1. The van der Waals surface area contributed by atoms with Crippen LogP contribution >= 0.6 is 0 Å². The number of carboxylic acid groups (broad SMARTS) is 1. The van der Waals surface area contributed by atoms with Gasteiger partial charge in [0.1, 0.15) is 17.4 Å². The number of aromatic carboxylic acids is 1. The highest BCUT2D eigenvalue weighted by molar-refractivity contribution is 6.09. The second-order valence-corrected chi connectivity index (χ2v) is 4.11. The molecule has 3 N–H and O–H groups in total. The summed E-state index contributed by atoms with van der Waals surface area (Å²) in [6.45, 7) is 0. The molecule has 0 heterocycles.